The van der Waals surface area contributed by atoms with E-state index in [0.717, 1.165) is 11.4 Å². The third-order valence-electron chi connectivity index (χ3n) is 3.21. The van der Waals surface area contributed by atoms with Crippen molar-refractivity contribution in [3.05, 3.63) is 23.8 Å². The summed E-state index contributed by atoms with van der Waals surface area (Å²) < 4.78 is 0. The first-order valence-corrected chi connectivity index (χ1v) is 6.03. The fourth-order valence-electron chi connectivity index (χ4n) is 2.03. The van der Waals surface area contributed by atoms with Crippen molar-refractivity contribution in [1.82, 2.24) is 0 Å². The molecule has 0 saturated heterocycles. The van der Waals surface area contributed by atoms with Crippen molar-refractivity contribution in [1.29, 1.82) is 0 Å². The Hall–Kier alpha value is -1.51. The lowest BCUT2D eigenvalue weighted by Crippen LogP contribution is -2.35. The van der Waals surface area contributed by atoms with Gasteiger partial charge in [0.15, 0.2) is 0 Å². The number of benzene rings is 1. The molecule has 0 fully saturated rings. The third-order valence-corrected chi connectivity index (χ3v) is 3.21. The SMILES string of the molecule is Cc1ccc2c(c1)NC(C(C)(C)C)CC(=O)N2. The first-order valence-electron chi connectivity index (χ1n) is 6.03. The highest BCUT2D eigenvalue weighted by molar-refractivity contribution is 5.96. The quantitative estimate of drug-likeness (QED) is 0.721. The first-order chi connectivity index (χ1) is 7.86. The minimum absolute atomic E-state index is 0.0582. The summed E-state index contributed by atoms with van der Waals surface area (Å²) in [6.07, 6.45) is 0.511. The van der Waals surface area contributed by atoms with Crippen molar-refractivity contribution in [3.63, 3.8) is 0 Å². The molecule has 1 aliphatic heterocycles. The Labute approximate surface area is 103 Å². The van der Waals surface area contributed by atoms with Crippen molar-refractivity contribution in [3.8, 4) is 0 Å². The summed E-state index contributed by atoms with van der Waals surface area (Å²) in [6.45, 7) is 8.51. The molecular weight excluding hydrogens is 212 g/mol. The van der Waals surface area contributed by atoms with Crippen LogP contribution in [0.15, 0.2) is 18.2 Å². The van der Waals surface area contributed by atoms with Crippen LogP contribution in [0.4, 0.5) is 11.4 Å². The molecule has 0 saturated carbocycles. The van der Waals surface area contributed by atoms with E-state index in [1.54, 1.807) is 0 Å². The molecule has 0 radical (unpaired) electrons. The number of hydrogen-bond donors (Lipinski definition) is 2. The van der Waals surface area contributed by atoms with Gasteiger partial charge in [-0.05, 0) is 30.0 Å². The van der Waals surface area contributed by atoms with E-state index in [1.165, 1.54) is 5.56 Å². The van der Waals surface area contributed by atoms with E-state index in [-0.39, 0.29) is 17.4 Å². The summed E-state index contributed by atoms with van der Waals surface area (Å²) in [5.41, 5.74) is 3.16. The number of nitrogens with one attached hydrogen (secondary N) is 2. The fourth-order valence-corrected chi connectivity index (χ4v) is 2.03. The van der Waals surface area contributed by atoms with Crippen LogP contribution in [0, 0.1) is 12.3 Å². The van der Waals surface area contributed by atoms with Crippen molar-refractivity contribution < 1.29 is 4.79 Å². The van der Waals surface area contributed by atoms with Crippen LogP contribution in [0.1, 0.15) is 32.8 Å². The number of fused-ring (bicyclic) bond motifs is 1. The molecule has 1 aromatic carbocycles. The van der Waals surface area contributed by atoms with Gasteiger partial charge >= 0.3 is 0 Å². The summed E-state index contributed by atoms with van der Waals surface area (Å²) in [4.78, 5) is 11.8. The summed E-state index contributed by atoms with van der Waals surface area (Å²) in [5, 5.41) is 6.44. The monoisotopic (exact) mass is 232 g/mol. The van der Waals surface area contributed by atoms with Gasteiger partial charge < -0.3 is 10.6 Å². The predicted molar refractivity (Wildman–Crippen MR) is 71.3 cm³/mol. The van der Waals surface area contributed by atoms with Gasteiger partial charge in [0.1, 0.15) is 0 Å². The van der Waals surface area contributed by atoms with Crippen molar-refractivity contribution >= 4 is 17.3 Å². The number of aryl methyl sites for hydroxylation is 1. The number of carbonyl (C=O) groups excluding carboxylic acids is 1. The molecule has 2 rings (SSSR count). The number of rotatable bonds is 0. The Morgan fingerprint density at radius 1 is 1.24 bits per heavy atom. The standard InChI is InChI=1S/C14H20N2O/c1-9-5-6-10-11(7-9)15-12(14(2,3)4)8-13(17)16-10/h5-7,12,15H,8H2,1-4H3,(H,16,17). The molecule has 1 aromatic rings. The number of amides is 1. The second-order valence-corrected chi connectivity index (χ2v) is 5.86. The molecule has 92 valence electrons. The minimum atomic E-state index is 0.0582. The van der Waals surface area contributed by atoms with Crippen molar-refractivity contribution in [2.75, 3.05) is 10.6 Å². The lowest BCUT2D eigenvalue weighted by atomic mass is 9.84. The molecule has 0 bridgehead atoms. The van der Waals surface area contributed by atoms with E-state index >= 15 is 0 Å². The van der Waals surface area contributed by atoms with Crippen LogP contribution in [0.2, 0.25) is 0 Å². The molecule has 1 aliphatic rings. The molecule has 1 amide bonds. The van der Waals surface area contributed by atoms with E-state index in [0.29, 0.717) is 6.42 Å². The van der Waals surface area contributed by atoms with E-state index in [2.05, 4.69) is 44.4 Å². The minimum Gasteiger partial charge on any atom is -0.380 e. The average molecular weight is 232 g/mol. The lowest BCUT2D eigenvalue weighted by Gasteiger charge is -2.30. The number of carbonyl (C=O) groups is 1. The van der Waals surface area contributed by atoms with Crippen molar-refractivity contribution in [2.45, 2.75) is 40.2 Å². The highest BCUT2D eigenvalue weighted by Gasteiger charge is 2.29. The molecule has 3 nitrogen and oxygen atoms in total. The summed E-state index contributed by atoms with van der Waals surface area (Å²) >= 11 is 0. The topological polar surface area (TPSA) is 41.1 Å². The molecule has 1 heterocycles. The van der Waals surface area contributed by atoms with E-state index in [4.69, 9.17) is 0 Å². The smallest absolute Gasteiger partial charge is 0.226 e. The van der Waals surface area contributed by atoms with E-state index in [9.17, 15) is 4.79 Å². The number of hydrogen-bond acceptors (Lipinski definition) is 2. The Morgan fingerprint density at radius 3 is 2.59 bits per heavy atom. The zero-order valence-corrected chi connectivity index (χ0v) is 10.9. The van der Waals surface area contributed by atoms with Gasteiger partial charge in [0, 0.05) is 12.5 Å². The molecule has 3 heteroatoms. The van der Waals surface area contributed by atoms with Crippen LogP contribution >= 0.6 is 0 Å². The van der Waals surface area contributed by atoms with Gasteiger partial charge in [0.2, 0.25) is 5.91 Å². The van der Waals surface area contributed by atoms with Crippen LogP contribution in [0.5, 0.6) is 0 Å². The zero-order chi connectivity index (χ0) is 12.6. The van der Waals surface area contributed by atoms with Gasteiger partial charge in [0.05, 0.1) is 11.4 Å². The van der Waals surface area contributed by atoms with Crippen LogP contribution in [0.25, 0.3) is 0 Å². The summed E-state index contributed by atoms with van der Waals surface area (Å²) in [7, 11) is 0. The Morgan fingerprint density at radius 2 is 1.94 bits per heavy atom. The van der Waals surface area contributed by atoms with Crippen LogP contribution in [-0.4, -0.2) is 11.9 Å². The molecular formula is C14H20N2O. The van der Waals surface area contributed by atoms with E-state index in [1.807, 2.05) is 12.1 Å². The second-order valence-electron chi connectivity index (χ2n) is 5.86. The van der Waals surface area contributed by atoms with Gasteiger partial charge in [-0.2, -0.15) is 0 Å². The largest absolute Gasteiger partial charge is 0.380 e. The summed E-state index contributed by atoms with van der Waals surface area (Å²) in [5.74, 6) is 0.0834. The Kier molecular flexibility index (Phi) is 2.86. The highest BCUT2D eigenvalue weighted by atomic mass is 16.1. The third kappa shape index (κ3) is 2.60. The van der Waals surface area contributed by atoms with Crippen LogP contribution in [-0.2, 0) is 4.79 Å². The maximum atomic E-state index is 11.8. The molecule has 2 N–H and O–H groups in total. The van der Waals surface area contributed by atoms with Gasteiger partial charge in [0.25, 0.3) is 0 Å². The normalized spacial score (nSPS) is 20.0. The highest BCUT2D eigenvalue weighted by Crippen LogP contribution is 2.32. The second kappa shape index (κ2) is 4.06. The van der Waals surface area contributed by atoms with Gasteiger partial charge in [-0.15, -0.1) is 0 Å². The molecule has 1 unspecified atom stereocenters. The molecule has 0 aliphatic carbocycles. The van der Waals surface area contributed by atoms with Gasteiger partial charge in [-0.1, -0.05) is 26.8 Å². The molecule has 17 heavy (non-hydrogen) atoms. The van der Waals surface area contributed by atoms with Crippen LogP contribution < -0.4 is 10.6 Å². The van der Waals surface area contributed by atoms with Gasteiger partial charge in [-0.25, -0.2) is 0 Å². The Balaban J connectivity index is 2.38. The Bertz CT molecular complexity index is 446. The fraction of sp³-hybridized carbons (Fsp3) is 0.500. The summed E-state index contributed by atoms with van der Waals surface area (Å²) in [6, 6.07) is 6.21. The maximum Gasteiger partial charge on any atom is 0.226 e. The predicted octanol–water partition coefficient (Wildman–Crippen LogP) is 3.16. The van der Waals surface area contributed by atoms with E-state index < -0.39 is 0 Å². The molecule has 1 atom stereocenters. The lowest BCUT2D eigenvalue weighted by molar-refractivity contribution is -0.116. The maximum absolute atomic E-state index is 11.8. The first kappa shape index (κ1) is 12.0. The van der Waals surface area contributed by atoms with Crippen LogP contribution in [0.3, 0.4) is 0 Å². The zero-order valence-electron chi connectivity index (χ0n) is 10.9. The van der Waals surface area contributed by atoms with Crippen molar-refractivity contribution in [2.24, 2.45) is 5.41 Å². The van der Waals surface area contributed by atoms with Gasteiger partial charge in [-0.3, -0.25) is 4.79 Å². The number of anilines is 2. The molecule has 0 spiro atoms. The average Bonchev–Trinajstić information content (AvgIpc) is 2.35. The molecule has 0 aromatic heterocycles.